The van der Waals surface area contributed by atoms with Gasteiger partial charge in [0.1, 0.15) is 0 Å². The number of hydrogen-bond acceptors (Lipinski definition) is 8. The smallest absolute Gasteiger partial charge is 0.338 e. The summed E-state index contributed by atoms with van der Waals surface area (Å²) < 4.78 is 20.9. The lowest BCUT2D eigenvalue weighted by Crippen LogP contribution is -2.34. The van der Waals surface area contributed by atoms with E-state index in [1.54, 1.807) is 0 Å². The summed E-state index contributed by atoms with van der Waals surface area (Å²) in [5.41, 5.74) is 9.89. The number of benzene rings is 4. The molecular formula is C42H46O8. The quantitative estimate of drug-likeness (QED) is 0.100. The lowest BCUT2D eigenvalue weighted by molar-refractivity contribution is 0.0590. The number of rotatable bonds is 9. The molecule has 0 atom stereocenters. The van der Waals surface area contributed by atoms with Crippen LogP contribution in [0.5, 0.6) is 0 Å². The Bertz CT molecular complexity index is 1860. The van der Waals surface area contributed by atoms with Gasteiger partial charge in [-0.05, 0) is 153 Å². The summed E-state index contributed by atoms with van der Waals surface area (Å²) >= 11 is 0. The van der Waals surface area contributed by atoms with Crippen LogP contribution in [0.2, 0.25) is 0 Å². The Kier molecular flexibility index (Phi) is 11.1. The zero-order chi connectivity index (χ0) is 37.2. The molecule has 0 aromatic heterocycles. The van der Waals surface area contributed by atoms with E-state index in [4.69, 9.17) is 18.9 Å². The molecule has 0 bridgehead atoms. The number of carbonyl (C=O) groups is 4. The Labute approximate surface area is 294 Å². The van der Waals surface area contributed by atoms with Crippen LogP contribution in [-0.2, 0) is 30.8 Å². The van der Waals surface area contributed by atoms with Crippen molar-refractivity contribution in [3.05, 3.63) is 138 Å². The van der Waals surface area contributed by atoms with E-state index in [1.807, 2.05) is 104 Å². The minimum atomic E-state index is -1.15. The highest BCUT2D eigenvalue weighted by Crippen LogP contribution is 2.46. The van der Waals surface area contributed by atoms with Gasteiger partial charge in [-0.2, -0.15) is 0 Å². The van der Waals surface area contributed by atoms with Gasteiger partial charge in [-0.25, -0.2) is 19.2 Å². The molecule has 0 saturated carbocycles. The van der Waals surface area contributed by atoms with Crippen LogP contribution in [0.4, 0.5) is 0 Å². The van der Waals surface area contributed by atoms with Crippen molar-refractivity contribution in [3.8, 4) is 0 Å². The third-order valence-corrected chi connectivity index (χ3v) is 10.3. The molecule has 0 saturated heterocycles. The molecule has 0 unspecified atom stereocenters. The van der Waals surface area contributed by atoms with E-state index in [0.29, 0.717) is 22.3 Å². The van der Waals surface area contributed by atoms with Crippen molar-refractivity contribution in [2.45, 2.75) is 67.2 Å². The molecule has 4 aromatic carbocycles. The highest BCUT2D eigenvalue weighted by Gasteiger charge is 2.40. The normalized spacial score (nSPS) is 11.2. The monoisotopic (exact) mass is 678 g/mol. The van der Waals surface area contributed by atoms with E-state index in [1.165, 1.54) is 28.4 Å². The molecule has 4 aromatic rings. The molecule has 0 radical (unpaired) electrons. The van der Waals surface area contributed by atoms with E-state index in [9.17, 15) is 19.2 Å². The third kappa shape index (κ3) is 6.67. The number of hydrogen-bond donors (Lipinski definition) is 0. The van der Waals surface area contributed by atoms with Crippen LogP contribution >= 0.6 is 0 Å². The molecule has 0 spiro atoms. The molecule has 0 N–H and O–H groups in total. The highest BCUT2D eigenvalue weighted by atomic mass is 16.5. The lowest BCUT2D eigenvalue weighted by atomic mass is 9.64. The van der Waals surface area contributed by atoms with Gasteiger partial charge in [0, 0.05) is 5.41 Å². The Balaban J connectivity index is 2.34. The van der Waals surface area contributed by atoms with Gasteiger partial charge < -0.3 is 18.9 Å². The van der Waals surface area contributed by atoms with Crippen molar-refractivity contribution >= 4 is 23.9 Å². The van der Waals surface area contributed by atoms with E-state index < -0.39 is 29.3 Å². The van der Waals surface area contributed by atoms with Gasteiger partial charge in [0.25, 0.3) is 0 Å². The first kappa shape index (κ1) is 37.6. The molecule has 0 aliphatic rings. The molecule has 0 heterocycles. The highest BCUT2D eigenvalue weighted by molar-refractivity contribution is 5.94. The van der Waals surface area contributed by atoms with Gasteiger partial charge >= 0.3 is 23.9 Å². The summed E-state index contributed by atoms with van der Waals surface area (Å²) in [6.45, 7) is 15.2. The maximum Gasteiger partial charge on any atom is 0.338 e. The number of methoxy groups -OCH3 is 4. The fourth-order valence-electron chi connectivity index (χ4n) is 6.75. The molecule has 262 valence electrons. The Hall–Kier alpha value is -5.24. The second kappa shape index (κ2) is 14.7. The van der Waals surface area contributed by atoms with Crippen LogP contribution in [0.3, 0.4) is 0 Å². The SMILES string of the molecule is COC(=O)c1cc(CC(c2cc(C)c(C)c(C(=O)OC)c2)(c2cc(C)c(C)c(C(=O)OC)c2)c2cc(C)c(C)c(C(=O)OC)c2)cc(C)c1C. The van der Waals surface area contributed by atoms with Gasteiger partial charge in [-0.1, -0.05) is 24.3 Å². The van der Waals surface area contributed by atoms with Gasteiger partial charge in [0.2, 0.25) is 0 Å². The number of carbonyl (C=O) groups excluding carboxylic acids is 4. The summed E-state index contributed by atoms with van der Waals surface area (Å²) in [4.78, 5) is 52.9. The number of aryl methyl sites for hydroxylation is 4. The zero-order valence-electron chi connectivity index (χ0n) is 31.1. The van der Waals surface area contributed by atoms with Crippen LogP contribution in [0.1, 0.15) is 108 Å². The number of ether oxygens (including phenoxy) is 4. The van der Waals surface area contributed by atoms with Crippen LogP contribution in [0.25, 0.3) is 0 Å². The Morgan fingerprint density at radius 2 is 0.680 bits per heavy atom. The first-order valence-corrected chi connectivity index (χ1v) is 16.3. The fraction of sp³-hybridized carbons (Fsp3) is 0.333. The zero-order valence-corrected chi connectivity index (χ0v) is 31.1. The predicted molar refractivity (Wildman–Crippen MR) is 193 cm³/mol. The minimum absolute atomic E-state index is 0.257. The summed E-state index contributed by atoms with van der Waals surface area (Å²) in [5.74, 6) is -1.95. The van der Waals surface area contributed by atoms with Crippen LogP contribution in [0, 0.1) is 55.4 Å². The third-order valence-electron chi connectivity index (χ3n) is 10.3. The van der Waals surface area contributed by atoms with Crippen molar-refractivity contribution in [2.75, 3.05) is 28.4 Å². The molecule has 8 heteroatoms. The molecule has 0 aliphatic heterocycles. The van der Waals surface area contributed by atoms with Crippen molar-refractivity contribution in [1.82, 2.24) is 0 Å². The molecule has 4 rings (SSSR count). The van der Waals surface area contributed by atoms with Gasteiger partial charge in [-0.15, -0.1) is 0 Å². The summed E-state index contributed by atoms with van der Waals surface area (Å²) in [6.07, 6.45) is 0.257. The van der Waals surface area contributed by atoms with Crippen LogP contribution in [-0.4, -0.2) is 52.3 Å². The average molecular weight is 679 g/mol. The second-order valence-electron chi connectivity index (χ2n) is 13.0. The van der Waals surface area contributed by atoms with Gasteiger partial charge in [0.15, 0.2) is 0 Å². The largest absolute Gasteiger partial charge is 0.465 e. The van der Waals surface area contributed by atoms with E-state index in [2.05, 4.69) is 0 Å². The maximum atomic E-state index is 13.3. The standard InChI is InChI=1S/C42H46O8/c1-22-13-30(17-34(26(22)5)38(43)47-9)21-42(31-14-23(2)27(6)35(18-31)39(44)48-10,32-15-24(3)28(7)36(19-32)40(45)49-11)33-16-25(4)29(8)37(20-33)41(46)50-12/h13-20H,21H2,1-12H3. The second-order valence-corrected chi connectivity index (χ2v) is 13.0. The van der Waals surface area contributed by atoms with Crippen molar-refractivity contribution in [1.29, 1.82) is 0 Å². The predicted octanol–water partition coefficient (Wildman–Crippen LogP) is 7.88. The molecule has 0 amide bonds. The van der Waals surface area contributed by atoms with E-state index >= 15 is 0 Å². The van der Waals surface area contributed by atoms with Gasteiger partial charge in [-0.3, -0.25) is 0 Å². The first-order valence-electron chi connectivity index (χ1n) is 16.3. The van der Waals surface area contributed by atoms with E-state index in [0.717, 1.165) is 66.8 Å². The Morgan fingerprint density at radius 1 is 0.420 bits per heavy atom. The lowest BCUT2D eigenvalue weighted by Gasteiger charge is -2.38. The molecule has 50 heavy (non-hydrogen) atoms. The first-order chi connectivity index (χ1) is 23.5. The average Bonchev–Trinajstić information content (AvgIpc) is 3.10. The van der Waals surface area contributed by atoms with Crippen LogP contribution < -0.4 is 0 Å². The molecular weight excluding hydrogens is 632 g/mol. The topological polar surface area (TPSA) is 105 Å². The molecule has 0 aliphatic carbocycles. The number of esters is 4. The molecule has 0 fully saturated rings. The van der Waals surface area contributed by atoms with Crippen molar-refractivity contribution in [3.63, 3.8) is 0 Å². The van der Waals surface area contributed by atoms with E-state index in [-0.39, 0.29) is 6.42 Å². The van der Waals surface area contributed by atoms with Gasteiger partial charge in [0.05, 0.1) is 50.7 Å². The maximum absolute atomic E-state index is 13.3. The summed E-state index contributed by atoms with van der Waals surface area (Å²) in [7, 11) is 5.39. The fourth-order valence-corrected chi connectivity index (χ4v) is 6.75. The Morgan fingerprint density at radius 3 is 0.960 bits per heavy atom. The minimum Gasteiger partial charge on any atom is -0.465 e. The van der Waals surface area contributed by atoms with Crippen molar-refractivity contribution in [2.24, 2.45) is 0 Å². The van der Waals surface area contributed by atoms with Crippen molar-refractivity contribution < 1.29 is 38.1 Å². The van der Waals surface area contributed by atoms with Crippen LogP contribution in [0.15, 0.2) is 48.5 Å². The molecule has 8 nitrogen and oxygen atoms in total. The summed E-state index contributed by atoms with van der Waals surface area (Å²) in [6, 6.07) is 15.4. The summed E-state index contributed by atoms with van der Waals surface area (Å²) in [5, 5.41) is 0.